The maximum atomic E-state index is 12.1. The molecule has 8 nitrogen and oxygen atoms in total. The van der Waals surface area contributed by atoms with E-state index in [0.717, 1.165) is 12.8 Å². The number of nitro benzene ring substituents is 1. The Morgan fingerprint density at radius 2 is 2.04 bits per heavy atom. The van der Waals surface area contributed by atoms with Gasteiger partial charge in [-0.15, -0.1) is 0 Å². The average Bonchev–Trinajstić information content (AvgIpc) is 2.59. The van der Waals surface area contributed by atoms with Crippen LogP contribution in [0.5, 0.6) is 0 Å². The molecule has 0 saturated carbocycles. The Labute approximate surface area is 137 Å². The molecule has 126 valence electrons. The van der Waals surface area contributed by atoms with Crippen molar-refractivity contribution < 1.29 is 14.5 Å². The number of aromatic nitrogens is 2. The molecule has 2 rings (SSSR count). The molecular weight excluding hydrogens is 314 g/mol. The van der Waals surface area contributed by atoms with E-state index in [1.807, 2.05) is 6.92 Å². The highest BCUT2D eigenvalue weighted by atomic mass is 16.6. The van der Waals surface area contributed by atoms with Crippen LogP contribution in [0.3, 0.4) is 0 Å². The van der Waals surface area contributed by atoms with Crippen LogP contribution in [0.2, 0.25) is 0 Å². The van der Waals surface area contributed by atoms with E-state index in [2.05, 4.69) is 5.10 Å². The van der Waals surface area contributed by atoms with Gasteiger partial charge in [0.15, 0.2) is 5.69 Å². The third kappa shape index (κ3) is 4.25. The third-order valence-electron chi connectivity index (χ3n) is 3.35. The Kier molecular flexibility index (Phi) is 5.78. The number of hydrogen-bond acceptors (Lipinski definition) is 6. The minimum absolute atomic E-state index is 0.00992. The highest BCUT2D eigenvalue weighted by Gasteiger charge is 2.16. The molecule has 1 aromatic heterocycles. The van der Waals surface area contributed by atoms with Crippen molar-refractivity contribution in [2.24, 2.45) is 0 Å². The molecule has 0 atom stereocenters. The van der Waals surface area contributed by atoms with Crippen molar-refractivity contribution in [1.29, 1.82) is 0 Å². The molecule has 24 heavy (non-hydrogen) atoms. The van der Waals surface area contributed by atoms with Crippen LogP contribution in [-0.4, -0.2) is 20.7 Å². The van der Waals surface area contributed by atoms with Crippen LogP contribution in [0.4, 0.5) is 5.69 Å². The summed E-state index contributed by atoms with van der Waals surface area (Å²) in [7, 11) is 0. The summed E-state index contributed by atoms with van der Waals surface area (Å²) in [6, 6.07) is 8.55. The minimum atomic E-state index is -0.738. The molecule has 0 N–H and O–H groups in total. The van der Waals surface area contributed by atoms with Gasteiger partial charge in [-0.05, 0) is 18.6 Å². The van der Waals surface area contributed by atoms with Crippen LogP contribution in [0.25, 0.3) is 0 Å². The van der Waals surface area contributed by atoms with E-state index in [1.165, 1.54) is 35.0 Å². The minimum Gasteiger partial charge on any atom is -0.456 e. The van der Waals surface area contributed by atoms with Crippen LogP contribution in [0.1, 0.15) is 35.8 Å². The quantitative estimate of drug-likeness (QED) is 0.438. The van der Waals surface area contributed by atoms with Crippen LogP contribution in [0.15, 0.2) is 41.2 Å². The fourth-order valence-electron chi connectivity index (χ4n) is 2.05. The Balaban J connectivity index is 2.11. The normalized spacial score (nSPS) is 10.4. The smallest absolute Gasteiger partial charge is 0.359 e. The zero-order valence-corrected chi connectivity index (χ0v) is 13.2. The van der Waals surface area contributed by atoms with Gasteiger partial charge in [0.1, 0.15) is 6.61 Å². The van der Waals surface area contributed by atoms with E-state index < -0.39 is 10.9 Å². The Hall–Kier alpha value is -3.03. The number of benzene rings is 1. The number of nitrogens with zero attached hydrogens (tertiary/aromatic N) is 3. The van der Waals surface area contributed by atoms with E-state index in [1.54, 1.807) is 6.07 Å². The van der Waals surface area contributed by atoms with Gasteiger partial charge in [0, 0.05) is 18.7 Å². The Morgan fingerprint density at radius 1 is 1.29 bits per heavy atom. The first-order chi connectivity index (χ1) is 11.5. The molecule has 0 unspecified atom stereocenters. The van der Waals surface area contributed by atoms with Gasteiger partial charge in [0.25, 0.3) is 11.2 Å². The Morgan fingerprint density at radius 3 is 2.75 bits per heavy atom. The highest BCUT2D eigenvalue weighted by Crippen LogP contribution is 2.18. The number of esters is 1. The molecule has 1 heterocycles. The summed E-state index contributed by atoms with van der Waals surface area (Å²) in [5.74, 6) is -0.738. The SMILES string of the molecule is CCCCn1nc(C(=O)OCc2ccccc2[N+](=O)[O-])ccc1=O. The van der Waals surface area contributed by atoms with Crippen molar-refractivity contribution in [3.8, 4) is 0 Å². The standard InChI is InChI=1S/C16H17N3O5/c1-2-3-10-18-15(20)9-8-13(17-18)16(21)24-11-12-6-4-5-7-14(12)19(22)23/h4-9H,2-3,10-11H2,1H3. The van der Waals surface area contributed by atoms with E-state index in [0.29, 0.717) is 6.54 Å². The third-order valence-corrected chi connectivity index (χ3v) is 3.35. The van der Waals surface area contributed by atoms with E-state index in [4.69, 9.17) is 4.74 Å². The summed E-state index contributed by atoms with van der Waals surface area (Å²) in [4.78, 5) is 34.1. The Bertz CT molecular complexity index is 800. The van der Waals surface area contributed by atoms with Crippen molar-refractivity contribution in [3.05, 3.63) is 68.1 Å². The van der Waals surface area contributed by atoms with Gasteiger partial charge < -0.3 is 4.74 Å². The number of rotatable bonds is 7. The van der Waals surface area contributed by atoms with Crippen molar-refractivity contribution in [2.45, 2.75) is 32.9 Å². The predicted octanol–water partition coefficient (Wildman–Crippen LogP) is 2.31. The maximum absolute atomic E-state index is 12.1. The maximum Gasteiger partial charge on any atom is 0.359 e. The average molecular weight is 331 g/mol. The lowest BCUT2D eigenvalue weighted by Gasteiger charge is -2.07. The first-order valence-electron chi connectivity index (χ1n) is 7.50. The molecule has 0 aliphatic heterocycles. The summed E-state index contributed by atoms with van der Waals surface area (Å²) >= 11 is 0. The molecular formula is C16H17N3O5. The second-order valence-corrected chi connectivity index (χ2v) is 5.10. The van der Waals surface area contributed by atoms with E-state index in [-0.39, 0.29) is 29.1 Å². The number of para-hydroxylation sites is 1. The van der Waals surface area contributed by atoms with Crippen LogP contribution in [-0.2, 0) is 17.9 Å². The summed E-state index contributed by atoms with van der Waals surface area (Å²) in [6.07, 6.45) is 1.65. The lowest BCUT2D eigenvalue weighted by molar-refractivity contribution is -0.385. The fraction of sp³-hybridized carbons (Fsp3) is 0.312. The summed E-state index contributed by atoms with van der Waals surface area (Å²) < 4.78 is 6.30. The van der Waals surface area contributed by atoms with E-state index >= 15 is 0 Å². The molecule has 1 aromatic carbocycles. The van der Waals surface area contributed by atoms with Gasteiger partial charge in [0.05, 0.1) is 10.5 Å². The molecule has 0 spiro atoms. The molecule has 0 amide bonds. The van der Waals surface area contributed by atoms with Gasteiger partial charge in [0.2, 0.25) is 0 Å². The van der Waals surface area contributed by atoms with Crippen LogP contribution in [0, 0.1) is 10.1 Å². The fourth-order valence-corrected chi connectivity index (χ4v) is 2.05. The number of hydrogen-bond donors (Lipinski definition) is 0. The molecule has 0 fully saturated rings. The second-order valence-electron chi connectivity index (χ2n) is 5.10. The molecule has 0 bridgehead atoms. The first kappa shape index (κ1) is 17.3. The van der Waals surface area contributed by atoms with E-state index in [9.17, 15) is 19.7 Å². The zero-order valence-electron chi connectivity index (χ0n) is 13.2. The molecule has 0 aliphatic carbocycles. The summed E-state index contributed by atoms with van der Waals surface area (Å²) in [6.45, 7) is 2.16. The largest absolute Gasteiger partial charge is 0.456 e. The van der Waals surface area contributed by atoms with Crippen molar-refractivity contribution >= 4 is 11.7 Å². The number of carbonyl (C=O) groups is 1. The van der Waals surface area contributed by atoms with Gasteiger partial charge in [-0.3, -0.25) is 14.9 Å². The van der Waals surface area contributed by atoms with Crippen LogP contribution < -0.4 is 5.56 Å². The number of aryl methyl sites for hydroxylation is 1. The lowest BCUT2D eigenvalue weighted by Crippen LogP contribution is -2.25. The van der Waals surface area contributed by atoms with Crippen molar-refractivity contribution in [1.82, 2.24) is 9.78 Å². The molecule has 0 saturated heterocycles. The van der Waals surface area contributed by atoms with Crippen molar-refractivity contribution in [3.63, 3.8) is 0 Å². The first-order valence-corrected chi connectivity index (χ1v) is 7.50. The summed E-state index contributed by atoms with van der Waals surface area (Å²) in [5, 5.41) is 14.9. The molecule has 0 aliphatic rings. The summed E-state index contributed by atoms with van der Waals surface area (Å²) in [5.41, 5.74) is -0.135. The van der Waals surface area contributed by atoms with Gasteiger partial charge in [-0.2, -0.15) is 5.10 Å². The number of nitro groups is 1. The molecule has 0 radical (unpaired) electrons. The lowest BCUT2D eigenvalue weighted by atomic mass is 10.2. The number of unbranched alkanes of at least 4 members (excludes halogenated alkanes) is 1. The van der Waals surface area contributed by atoms with Gasteiger partial charge in [-0.25, -0.2) is 9.48 Å². The van der Waals surface area contributed by atoms with Crippen LogP contribution >= 0.6 is 0 Å². The highest BCUT2D eigenvalue weighted by molar-refractivity contribution is 5.86. The second kappa shape index (κ2) is 8.00. The monoisotopic (exact) mass is 331 g/mol. The van der Waals surface area contributed by atoms with Gasteiger partial charge in [-0.1, -0.05) is 25.5 Å². The van der Waals surface area contributed by atoms with Gasteiger partial charge >= 0.3 is 5.97 Å². The number of carbonyl (C=O) groups excluding carboxylic acids is 1. The topological polar surface area (TPSA) is 104 Å². The zero-order chi connectivity index (χ0) is 17.5. The predicted molar refractivity (Wildman–Crippen MR) is 85.6 cm³/mol. The molecule has 8 heteroatoms. The number of ether oxygens (including phenoxy) is 1. The van der Waals surface area contributed by atoms with Crippen molar-refractivity contribution in [2.75, 3.05) is 0 Å². The molecule has 2 aromatic rings.